The molecule has 126 valence electrons. The number of hydrogen-bond donors (Lipinski definition) is 1. The quantitative estimate of drug-likeness (QED) is 0.939. The van der Waals surface area contributed by atoms with Gasteiger partial charge in [-0.3, -0.25) is 4.79 Å². The SMILES string of the molecule is Cc1ccc(C)c(C(=O)NCc2nccc(N3CCCCC3)n2)c1. The Labute approximate surface area is 143 Å². The summed E-state index contributed by atoms with van der Waals surface area (Å²) >= 11 is 0. The number of aryl methyl sites for hydroxylation is 2. The first-order chi connectivity index (χ1) is 11.6. The normalized spacial score (nSPS) is 14.5. The summed E-state index contributed by atoms with van der Waals surface area (Å²) in [7, 11) is 0. The van der Waals surface area contributed by atoms with Crippen LogP contribution in [0.3, 0.4) is 0 Å². The highest BCUT2D eigenvalue weighted by Gasteiger charge is 2.14. The lowest BCUT2D eigenvalue weighted by Crippen LogP contribution is -2.31. The Balaban J connectivity index is 1.66. The van der Waals surface area contributed by atoms with Crippen molar-refractivity contribution >= 4 is 11.7 Å². The third-order valence-corrected chi connectivity index (χ3v) is 4.42. The topological polar surface area (TPSA) is 58.1 Å². The number of amides is 1. The monoisotopic (exact) mass is 324 g/mol. The molecule has 5 heteroatoms. The van der Waals surface area contributed by atoms with Gasteiger partial charge in [0.1, 0.15) is 11.6 Å². The number of nitrogens with zero attached hydrogens (tertiary/aromatic N) is 3. The average Bonchev–Trinajstić information content (AvgIpc) is 2.63. The second kappa shape index (κ2) is 7.43. The van der Waals surface area contributed by atoms with E-state index in [-0.39, 0.29) is 5.91 Å². The van der Waals surface area contributed by atoms with Crippen molar-refractivity contribution in [2.24, 2.45) is 0 Å². The lowest BCUT2D eigenvalue weighted by Gasteiger charge is -2.27. The Hall–Kier alpha value is -2.43. The van der Waals surface area contributed by atoms with E-state index in [1.54, 1.807) is 6.20 Å². The maximum absolute atomic E-state index is 12.4. The highest BCUT2D eigenvalue weighted by atomic mass is 16.1. The van der Waals surface area contributed by atoms with Gasteiger partial charge in [0, 0.05) is 24.8 Å². The summed E-state index contributed by atoms with van der Waals surface area (Å²) in [5, 5.41) is 2.93. The van der Waals surface area contributed by atoms with Gasteiger partial charge in [-0.15, -0.1) is 0 Å². The van der Waals surface area contributed by atoms with Crippen LogP contribution in [-0.2, 0) is 6.54 Å². The van der Waals surface area contributed by atoms with Crippen molar-refractivity contribution in [1.29, 1.82) is 0 Å². The van der Waals surface area contributed by atoms with Crippen molar-refractivity contribution in [3.05, 3.63) is 53.0 Å². The summed E-state index contributed by atoms with van der Waals surface area (Å²) in [6.45, 7) is 6.37. The molecule has 1 aliphatic heterocycles. The number of benzene rings is 1. The summed E-state index contributed by atoms with van der Waals surface area (Å²) in [6.07, 6.45) is 5.49. The van der Waals surface area contributed by atoms with E-state index in [2.05, 4.69) is 20.2 Å². The van der Waals surface area contributed by atoms with Crippen LogP contribution in [0.1, 0.15) is 46.6 Å². The molecule has 2 aromatic rings. The Bertz CT molecular complexity index is 723. The minimum atomic E-state index is -0.0804. The molecule has 1 aromatic carbocycles. The van der Waals surface area contributed by atoms with Gasteiger partial charge in [-0.1, -0.05) is 17.7 Å². The minimum absolute atomic E-state index is 0.0804. The number of aromatic nitrogens is 2. The maximum atomic E-state index is 12.4. The van der Waals surface area contributed by atoms with Gasteiger partial charge in [-0.2, -0.15) is 0 Å². The molecule has 1 fully saturated rings. The van der Waals surface area contributed by atoms with Crippen molar-refractivity contribution in [1.82, 2.24) is 15.3 Å². The van der Waals surface area contributed by atoms with Crippen LogP contribution in [0, 0.1) is 13.8 Å². The lowest BCUT2D eigenvalue weighted by molar-refractivity contribution is 0.0949. The molecule has 1 N–H and O–H groups in total. The zero-order valence-corrected chi connectivity index (χ0v) is 14.4. The van der Waals surface area contributed by atoms with E-state index in [0.717, 1.165) is 30.0 Å². The van der Waals surface area contributed by atoms with E-state index < -0.39 is 0 Å². The Kier molecular flexibility index (Phi) is 5.08. The van der Waals surface area contributed by atoms with Crippen LogP contribution in [0.4, 0.5) is 5.82 Å². The van der Waals surface area contributed by atoms with Gasteiger partial charge in [-0.25, -0.2) is 9.97 Å². The third kappa shape index (κ3) is 3.91. The number of anilines is 1. The van der Waals surface area contributed by atoms with Gasteiger partial charge in [0.25, 0.3) is 5.91 Å². The number of piperidine rings is 1. The fourth-order valence-corrected chi connectivity index (χ4v) is 3.01. The molecule has 0 aliphatic carbocycles. The fraction of sp³-hybridized carbons (Fsp3) is 0.421. The lowest BCUT2D eigenvalue weighted by atomic mass is 10.1. The average molecular weight is 324 g/mol. The molecule has 0 saturated carbocycles. The van der Waals surface area contributed by atoms with Gasteiger partial charge >= 0.3 is 0 Å². The summed E-state index contributed by atoms with van der Waals surface area (Å²) in [4.78, 5) is 23.6. The van der Waals surface area contributed by atoms with Gasteiger partial charge in [0.05, 0.1) is 6.54 Å². The van der Waals surface area contributed by atoms with E-state index in [0.29, 0.717) is 17.9 Å². The van der Waals surface area contributed by atoms with Crippen molar-refractivity contribution in [3.8, 4) is 0 Å². The highest BCUT2D eigenvalue weighted by molar-refractivity contribution is 5.95. The van der Waals surface area contributed by atoms with Crippen LogP contribution in [-0.4, -0.2) is 29.0 Å². The molecule has 5 nitrogen and oxygen atoms in total. The van der Waals surface area contributed by atoms with Crippen LogP contribution in [0.15, 0.2) is 30.5 Å². The third-order valence-electron chi connectivity index (χ3n) is 4.42. The van der Waals surface area contributed by atoms with Crippen LogP contribution in [0.5, 0.6) is 0 Å². The molecule has 3 rings (SSSR count). The smallest absolute Gasteiger partial charge is 0.251 e. The number of carbonyl (C=O) groups excluding carboxylic acids is 1. The number of hydrogen-bond acceptors (Lipinski definition) is 4. The molecule has 1 amide bonds. The largest absolute Gasteiger partial charge is 0.357 e. The van der Waals surface area contributed by atoms with E-state index in [4.69, 9.17) is 0 Å². The molecule has 1 saturated heterocycles. The fourth-order valence-electron chi connectivity index (χ4n) is 3.01. The molecule has 1 aromatic heterocycles. The zero-order chi connectivity index (χ0) is 16.9. The molecule has 0 atom stereocenters. The van der Waals surface area contributed by atoms with E-state index in [1.807, 2.05) is 38.1 Å². The molecule has 0 bridgehead atoms. The van der Waals surface area contributed by atoms with Gasteiger partial charge in [0.2, 0.25) is 0 Å². The van der Waals surface area contributed by atoms with Crippen molar-refractivity contribution in [2.45, 2.75) is 39.7 Å². The summed E-state index contributed by atoms with van der Waals surface area (Å²) < 4.78 is 0. The molecular formula is C19H24N4O. The standard InChI is InChI=1S/C19H24N4O/c1-14-6-7-15(2)16(12-14)19(24)21-13-17-20-9-8-18(22-17)23-10-4-3-5-11-23/h6-9,12H,3-5,10-11,13H2,1-2H3,(H,21,24). The van der Waals surface area contributed by atoms with E-state index >= 15 is 0 Å². The predicted octanol–water partition coefficient (Wildman–Crippen LogP) is 3.01. The summed E-state index contributed by atoms with van der Waals surface area (Å²) in [5.41, 5.74) is 2.76. The van der Waals surface area contributed by atoms with Crippen LogP contribution in [0.25, 0.3) is 0 Å². The van der Waals surface area contributed by atoms with Crippen molar-refractivity contribution in [3.63, 3.8) is 0 Å². The second-order valence-corrected chi connectivity index (χ2v) is 6.38. The van der Waals surface area contributed by atoms with Gasteiger partial charge in [0.15, 0.2) is 0 Å². The molecular weight excluding hydrogens is 300 g/mol. The molecule has 0 spiro atoms. The number of nitrogens with one attached hydrogen (secondary N) is 1. The van der Waals surface area contributed by atoms with E-state index in [9.17, 15) is 4.79 Å². The molecule has 24 heavy (non-hydrogen) atoms. The van der Waals surface area contributed by atoms with Crippen LogP contribution in [0.2, 0.25) is 0 Å². The van der Waals surface area contributed by atoms with E-state index in [1.165, 1.54) is 19.3 Å². The summed E-state index contributed by atoms with van der Waals surface area (Å²) in [6, 6.07) is 7.84. The molecule has 2 heterocycles. The van der Waals surface area contributed by atoms with Gasteiger partial charge in [-0.05, 0) is 50.8 Å². The van der Waals surface area contributed by atoms with Gasteiger partial charge < -0.3 is 10.2 Å². The first kappa shape index (κ1) is 16.4. The minimum Gasteiger partial charge on any atom is -0.357 e. The van der Waals surface area contributed by atoms with Crippen molar-refractivity contribution < 1.29 is 4.79 Å². The molecule has 0 unspecified atom stereocenters. The predicted molar refractivity (Wildman–Crippen MR) is 95.2 cm³/mol. The van der Waals surface area contributed by atoms with Crippen molar-refractivity contribution in [2.75, 3.05) is 18.0 Å². The first-order valence-electron chi connectivity index (χ1n) is 8.56. The first-order valence-corrected chi connectivity index (χ1v) is 8.56. The number of rotatable bonds is 4. The Morgan fingerprint density at radius 2 is 1.96 bits per heavy atom. The number of carbonyl (C=O) groups is 1. The zero-order valence-electron chi connectivity index (χ0n) is 14.4. The summed E-state index contributed by atoms with van der Waals surface area (Å²) in [5.74, 6) is 1.53. The van der Waals surface area contributed by atoms with Crippen LogP contribution >= 0.6 is 0 Å². The maximum Gasteiger partial charge on any atom is 0.251 e. The highest BCUT2D eigenvalue weighted by Crippen LogP contribution is 2.17. The Morgan fingerprint density at radius 1 is 1.17 bits per heavy atom. The second-order valence-electron chi connectivity index (χ2n) is 6.38. The molecule has 1 aliphatic rings. The Morgan fingerprint density at radius 3 is 2.75 bits per heavy atom. The van der Waals surface area contributed by atoms with Crippen LogP contribution < -0.4 is 10.2 Å². The molecule has 0 radical (unpaired) electrons.